The first-order valence-corrected chi connectivity index (χ1v) is 7.22. The molecule has 106 valence electrons. The molecular formula is C14H15O5P. The predicted molar refractivity (Wildman–Crippen MR) is 74.0 cm³/mol. The fourth-order valence-corrected chi connectivity index (χ4v) is 2.27. The molecule has 0 aliphatic rings. The van der Waals surface area contributed by atoms with Gasteiger partial charge >= 0.3 is 8.25 Å². The largest absolute Gasteiger partial charge is 0.364 e. The zero-order valence-electron chi connectivity index (χ0n) is 10.5. The summed E-state index contributed by atoms with van der Waals surface area (Å²) in [6, 6.07) is 17.0. The summed E-state index contributed by atoms with van der Waals surface area (Å²) in [4.78, 5) is 0. The first-order chi connectivity index (χ1) is 9.66. The van der Waals surface area contributed by atoms with Gasteiger partial charge in [-0.05, 0) is 0 Å². The highest BCUT2D eigenvalue weighted by Crippen LogP contribution is 2.36. The van der Waals surface area contributed by atoms with Crippen LogP contribution in [0.4, 0.5) is 0 Å². The van der Waals surface area contributed by atoms with E-state index in [0.717, 1.165) is 0 Å². The summed E-state index contributed by atoms with van der Waals surface area (Å²) in [6.45, 7) is 0. The van der Waals surface area contributed by atoms with Crippen LogP contribution in [0, 0.1) is 0 Å². The SMILES string of the molecule is O=[PH](O[C@H](O)c1ccccc1)O[C@H](O)c1ccccc1. The van der Waals surface area contributed by atoms with Crippen LogP contribution >= 0.6 is 8.25 Å². The Morgan fingerprint density at radius 1 is 0.750 bits per heavy atom. The van der Waals surface area contributed by atoms with Gasteiger partial charge in [0.15, 0.2) is 12.6 Å². The summed E-state index contributed by atoms with van der Waals surface area (Å²) in [6.07, 6.45) is -2.71. The smallest absolute Gasteiger partial charge is 0.324 e. The van der Waals surface area contributed by atoms with Crippen LogP contribution in [0.25, 0.3) is 0 Å². The normalized spacial score (nSPS) is 14.2. The lowest BCUT2D eigenvalue weighted by molar-refractivity contribution is -0.0619. The minimum absolute atomic E-state index is 0.462. The number of benzene rings is 2. The van der Waals surface area contributed by atoms with Gasteiger partial charge in [0, 0.05) is 11.1 Å². The maximum atomic E-state index is 11.6. The molecule has 0 heterocycles. The lowest BCUT2D eigenvalue weighted by Gasteiger charge is -2.15. The second-order valence-corrected chi connectivity index (χ2v) is 4.98. The van der Waals surface area contributed by atoms with Gasteiger partial charge < -0.3 is 10.2 Å². The van der Waals surface area contributed by atoms with E-state index >= 15 is 0 Å². The average Bonchev–Trinajstić information content (AvgIpc) is 2.49. The van der Waals surface area contributed by atoms with Crippen molar-refractivity contribution in [2.45, 2.75) is 12.6 Å². The Morgan fingerprint density at radius 2 is 1.10 bits per heavy atom. The van der Waals surface area contributed by atoms with Gasteiger partial charge in [0.05, 0.1) is 0 Å². The van der Waals surface area contributed by atoms with Gasteiger partial charge in [-0.2, -0.15) is 0 Å². The summed E-state index contributed by atoms with van der Waals surface area (Å²) in [5.74, 6) is 0. The first-order valence-electron chi connectivity index (χ1n) is 6.00. The Bertz CT molecular complexity index is 497. The minimum atomic E-state index is -3.03. The first kappa shape index (κ1) is 14.9. The average molecular weight is 294 g/mol. The van der Waals surface area contributed by atoms with Gasteiger partial charge in [-0.1, -0.05) is 60.7 Å². The zero-order chi connectivity index (χ0) is 14.4. The molecule has 0 fully saturated rings. The molecule has 5 nitrogen and oxygen atoms in total. The summed E-state index contributed by atoms with van der Waals surface area (Å²) in [7, 11) is -3.03. The monoisotopic (exact) mass is 294 g/mol. The molecule has 20 heavy (non-hydrogen) atoms. The van der Waals surface area contributed by atoms with Crippen molar-refractivity contribution in [1.82, 2.24) is 0 Å². The van der Waals surface area contributed by atoms with E-state index in [1.54, 1.807) is 60.7 Å². The van der Waals surface area contributed by atoms with Crippen molar-refractivity contribution in [1.29, 1.82) is 0 Å². The molecule has 0 amide bonds. The van der Waals surface area contributed by atoms with E-state index < -0.39 is 20.8 Å². The number of hydrogen-bond donors (Lipinski definition) is 2. The molecule has 0 aliphatic carbocycles. The standard InChI is InChI=1S/C14H15O5P/c15-13(11-7-3-1-4-8-11)18-20(17)19-14(16)12-9-5-2-6-10-12/h1-10,13-16,20H/t13-,14-/m0/s1. The highest BCUT2D eigenvalue weighted by atomic mass is 31.1. The summed E-state index contributed by atoms with van der Waals surface area (Å²) in [5.41, 5.74) is 0.923. The van der Waals surface area contributed by atoms with E-state index in [9.17, 15) is 14.8 Å². The number of hydrogen-bond acceptors (Lipinski definition) is 5. The Labute approximate surface area is 117 Å². The molecule has 0 aliphatic heterocycles. The number of aliphatic hydroxyl groups excluding tert-OH is 2. The van der Waals surface area contributed by atoms with Crippen molar-refractivity contribution in [3.05, 3.63) is 71.8 Å². The molecule has 0 radical (unpaired) electrons. The third kappa shape index (κ3) is 4.27. The third-order valence-corrected chi connectivity index (χ3v) is 3.42. The molecule has 2 aromatic rings. The van der Waals surface area contributed by atoms with Crippen molar-refractivity contribution in [2.75, 3.05) is 0 Å². The van der Waals surface area contributed by atoms with Crippen LogP contribution in [-0.2, 0) is 13.6 Å². The second kappa shape index (κ2) is 7.33. The Morgan fingerprint density at radius 3 is 1.45 bits per heavy atom. The lowest BCUT2D eigenvalue weighted by Crippen LogP contribution is -2.02. The summed E-state index contributed by atoms with van der Waals surface area (Å²) in [5, 5.41) is 19.4. The van der Waals surface area contributed by atoms with Crippen molar-refractivity contribution in [2.24, 2.45) is 0 Å². The highest BCUT2D eigenvalue weighted by molar-refractivity contribution is 7.33. The molecule has 0 bridgehead atoms. The topological polar surface area (TPSA) is 76.0 Å². The van der Waals surface area contributed by atoms with Crippen LogP contribution in [0.5, 0.6) is 0 Å². The van der Waals surface area contributed by atoms with Crippen LogP contribution in [-0.4, -0.2) is 10.2 Å². The van der Waals surface area contributed by atoms with Gasteiger partial charge in [0.25, 0.3) is 0 Å². The van der Waals surface area contributed by atoms with Gasteiger partial charge in [-0.25, -0.2) is 0 Å². The van der Waals surface area contributed by atoms with Gasteiger partial charge in [0.1, 0.15) is 0 Å². The quantitative estimate of drug-likeness (QED) is 0.633. The second-order valence-electron chi connectivity index (χ2n) is 4.01. The van der Waals surface area contributed by atoms with Crippen molar-refractivity contribution >= 4 is 8.25 Å². The van der Waals surface area contributed by atoms with Crippen molar-refractivity contribution in [3.63, 3.8) is 0 Å². The maximum absolute atomic E-state index is 11.6. The van der Waals surface area contributed by atoms with Crippen molar-refractivity contribution < 1.29 is 23.8 Å². The van der Waals surface area contributed by atoms with Crippen LogP contribution in [0.1, 0.15) is 23.7 Å². The zero-order valence-corrected chi connectivity index (χ0v) is 11.5. The molecule has 0 spiro atoms. The molecule has 0 unspecified atom stereocenters. The maximum Gasteiger partial charge on any atom is 0.324 e. The predicted octanol–water partition coefficient (Wildman–Crippen LogP) is 2.79. The summed E-state index contributed by atoms with van der Waals surface area (Å²) >= 11 is 0. The van der Waals surface area contributed by atoms with E-state index in [4.69, 9.17) is 9.05 Å². The minimum Gasteiger partial charge on any atom is -0.364 e. The Kier molecular flexibility index (Phi) is 5.47. The molecule has 2 atom stereocenters. The summed E-state index contributed by atoms with van der Waals surface area (Å²) < 4.78 is 21.3. The van der Waals surface area contributed by atoms with Crippen LogP contribution < -0.4 is 0 Å². The lowest BCUT2D eigenvalue weighted by atomic mass is 10.2. The van der Waals surface area contributed by atoms with Crippen LogP contribution in [0.15, 0.2) is 60.7 Å². The molecule has 0 saturated carbocycles. The Balaban J connectivity index is 1.90. The van der Waals surface area contributed by atoms with E-state index in [2.05, 4.69) is 0 Å². The van der Waals surface area contributed by atoms with Crippen LogP contribution in [0.3, 0.4) is 0 Å². The van der Waals surface area contributed by atoms with E-state index in [1.165, 1.54) is 0 Å². The molecule has 2 aromatic carbocycles. The molecule has 0 aromatic heterocycles. The molecule has 2 rings (SSSR count). The molecule has 0 saturated heterocycles. The fourth-order valence-electron chi connectivity index (χ4n) is 1.58. The van der Waals surface area contributed by atoms with E-state index in [1.807, 2.05) is 0 Å². The molecule has 6 heteroatoms. The molecular weight excluding hydrogens is 279 g/mol. The Hall–Kier alpha value is -1.49. The number of aliphatic hydroxyl groups is 2. The highest BCUT2D eigenvalue weighted by Gasteiger charge is 2.16. The van der Waals surface area contributed by atoms with Gasteiger partial charge in [0.2, 0.25) is 0 Å². The van der Waals surface area contributed by atoms with Gasteiger partial charge in [-0.3, -0.25) is 13.6 Å². The van der Waals surface area contributed by atoms with E-state index in [0.29, 0.717) is 11.1 Å². The molecule has 2 N–H and O–H groups in total. The van der Waals surface area contributed by atoms with Crippen molar-refractivity contribution in [3.8, 4) is 0 Å². The number of rotatable bonds is 6. The van der Waals surface area contributed by atoms with E-state index in [-0.39, 0.29) is 0 Å². The van der Waals surface area contributed by atoms with Crippen LogP contribution in [0.2, 0.25) is 0 Å². The van der Waals surface area contributed by atoms with Gasteiger partial charge in [-0.15, -0.1) is 0 Å². The fraction of sp³-hybridized carbons (Fsp3) is 0.143. The third-order valence-electron chi connectivity index (χ3n) is 2.59.